The van der Waals surface area contributed by atoms with Gasteiger partial charge in [0, 0.05) is 37.2 Å². The van der Waals surface area contributed by atoms with Crippen molar-refractivity contribution in [2.24, 2.45) is 5.92 Å². The highest BCUT2D eigenvalue weighted by atomic mass is 16.5. The molecule has 0 saturated carbocycles. The van der Waals surface area contributed by atoms with Gasteiger partial charge in [0.15, 0.2) is 0 Å². The summed E-state index contributed by atoms with van der Waals surface area (Å²) in [4.78, 5) is 4.97. The lowest BCUT2D eigenvalue weighted by Gasteiger charge is -2.35. The first kappa shape index (κ1) is 21.2. The molecule has 1 fully saturated rings. The standard InChI is InChI=1S/C26H36N2O2/c1-18(2)28-11-9-20(10-12-28)17-30-23-6-8-25-21(14-23)15-27(4)16-26(25)24-7-5-22(29)13-19(24)3/h5-8,13-14,18,20,26,29H,9-12,15-17H2,1-4H3/p+1. The van der Waals surface area contributed by atoms with Crippen molar-refractivity contribution in [1.82, 2.24) is 9.80 Å². The van der Waals surface area contributed by atoms with Crippen molar-refractivity contribution < 1.29 is 9.84 Å². The maximum atomic E-state index is 7.89. The van der Waals surface area contributed by atoms with Gasteiger partial charge in [-0.1, -0.05) is 6.07 Å². The Morgan fingerprint density at radius 1 is 1.07 bits per heavy atom. The number of fused-ring (bicyclic) bond motifs is 1. The zero-order valence-electron chi connectivity index (χ0n) is 18.9. The smallest absolute Gasteiger partial charge is 0.254 e. The highest BCUT2D eigenvalue weighted by Gasteiger charge is 2.27. The number of likely N-dealkylation sites (N-methyl/N-ethyl adjacent to an activating group) is 1. The van der Waals surface area contributed by atoms with E-state index in [1.807, 2.05) is 12.1 Å². The summed E-state index contributed by atoms with van der Waals surface area (Å²) in [5.41, 5.74) is 5.33. The van der Waals surface area contributed by atoms with E-state index < -0.39 is 0 Å². The number of piperidine rings is 1. The number of aryl methyl sites for hydroxylation is 1. The van der Waals surface area contributed by atoms with E-state index in [2.05, 4.69) is 61.9 Å². The fraction of sp³-hybridized carbons (Fsp3) is 0.538. The maximum Gasteiger partial charge on any atom is 0.254 e. The number of benzene rings is 2. The Hall–Kier alpha value is -2.04. The molecular weight excluding hydrogens is 372 g/mol. The Balaban J connectivity index is 1.46. The molecular formula is C26H37N2O2+. The SMILES string of the molecule is Cc1cc([OH2+])ccc1C1CN(C)Cc2cc(OCC3CCN(C(C)C)CC3)ccc21. The second-order valence-electron chi connectivity index (χ2n) is 9.57. The van der Waals surface area contributed by atoms with Crippen LogP contribution in [0.5, 0.6) is 11.5 Å². The predicted molar refractivity (Wildman–Crippen MR) is 124 cm³/mol. The summed E-state index contributed by atoms with van der Waals surface area (Å²) in [6.45, 7) is 11.9. The molecule has 1 unspecified atom stereocenters. The average molecular weight is 410 g/mol. The summed E-state index contributed by atoms with van der Waals surface area (Å²) in [5.74, 6) is 2.61. The first-order valence-electron chi connectivity index (χ1n) is 11.4. The molecule has 2 aliphatic rings. The van der Waals surface area contributed by atoms with E-state index in [4.69, 9.17) is 9.84 Å². The second-order valence-corrected chi connectivity index (χ2v) is 9.57. The summed E-state index contributed by atoms with van der Waals surface area (Å²) in [5, 5.41) is 7.89. The highest BCUT2D eigenvalue weighted by Crippen LogP contribution is 2.37. The number of nitrogens with zero attached hydrogens (tertiary/aromatic N) is 2. The fourth-order valence-electron chi connectivity index (χ4n) is 5.10. The minimum Gasteiger partial charge on any atom is -0.593 e. The van der Waals surface area contributed by atoms with Crippen LogP contribution in [0.15, 0.2) is 36.4 Å². The summed E-state index contributed by atoms with van der Waals surface area (Å²) < 4.78 is 6.26. The molecule has 4 heteroatoms. The molecule has 30 heavy (non-hydrogen) atoms. The molecule has 0 aromatic heterocycles. The van der Waals surface area contributed by atoms with Gasteiger partial charge in [0.25, 0.3) is 5.75 Å². The Morgan fingerprint density at radius 2 is 1.80 bits per heavy atom. The van der Waals surface area contributed by atoms with Gasteiger partial charge >= 0.3 is 0 Å². The van der Waals surface area contributed by atoms with Crippen molar-refractivity contribution in [2.45, 2.75) is 52.1 Å². The van der Waals surface area contributed by atoms with Gasteiger partial charge in [0.2, 0.25) is 0 Å². The third-order valence-electron chi connectivity index (χ3n) is 6.93. The second kappa shape index (κ2) is 8.99. The van der Waals surface area contributed by atoms with Crippen molar-refractivity contribution in [2.75, 3.05) is 33.3 Å². The minimum absolute atomic E-state index is 0.355. The lowest BCUT2D eigenvalue weighted by atomic mass is 9.83. The third-order valence-corrected chi connectivity index (χ3v) is 6.93. The molecule has 2 aliphatic heterocycles. The molecule has 0 radical (unpaired) electrons. The molecule has 0 spiro atoms. The third kappa shape index (κ3) is 4.65. The summed E-state index contributed by atoms with van der Waals surface area (Å²) >= 11 is 0. The van der Waals surface area contributed by atoms with Crippen LogP contribution in [-0.4, -0.2) is 54.2 Å². The molecule has 0 amide bonds. The Labute approximate surface area is 181 Å². The monoisotopic (exact) mass is 409 g/mol. The maximum absolute atomic E-state index is 7.89. The zero-order chi connectivity index (χ0) is 21.3. The molecule has 1 atom stereocenters. The van der Waals surface area contributed by atoms with Crippen LogP contribution in [0.3, 0.4) is 0 Å². The van der Waals surface area contributed by atoms with Crippen molar-refractivity contribution in [3.8, 4) is 11.5 Å². The van der Waals surface area contributed by atoms with Gasteiger partial charge in [-0.2, -0.15) is 0 Å². The topological polar surface area (TPSA) is 38.6 Å². The summed E-state index contributed by atoms with van der Waals surface area (Å²) in [6.07, 6.45) is 2.47. The Morgan fingerprint density at radius 3 is 2.50 bits per heavy atom. The van der Waals surface area contributed by atoms with Crippen molar-refractivity contribution >= 4 is 0 Å². The Kier molecular flexibility index (Phi) is 6.35. The number of hydrogen-bond donors (Lipinski definition) is 0. The van der Waals surface area contributed by atoms with Gasteiger partial charge in [0.1, 0.15) is 5.75 Å². The molecule has 2 N–H and O–H groups in total. The van der Waals surface area contributed by atoms with Crippen LogP contribution in [0, 0.1) is 12.8 Å². The summed E-state index contributed by atoms with van der Waals surface area (Å²) in [7, 11) is 2.19. The van der Waals surface area contributed by atoms with Crippen LogP contribution in [-0.2, 0) is 6.54 Å². The molecule has 0 bridgehead atoms. The van der Waals surface area contributed by atoms with Crippen LogP contribution >= 0.6 is 0 Å². The first-order valence-corrected chi connectivity index (χ1v) is 11.4. The minimum atomic E-state index is 0.355. The first-order chi connectivity index (χ1) is 14.4. The number of hydrogen-bond acceptors (Lipinski definition) is 3. The van der Waals surface area contributed by atoms with E-state index in [9.17, 15) is 0 Å². The van der Waals surface area contributed by atoms with E-state index in [0.717, 1.165) is 25.4 Å². The molecule has 162 valence electrons. The lowest BCUT2D eigenvalue weighted by Crippen LogP contribution is -2.39. The zero-order valence-corrected chi connectivity index (χ0v) is 18.9. The number of ether oxygens (including phenoxy) is 1. The molecule has 2 heterocycles. The van der Waals surface area contributed by atoms with E-state index >= 15 is 0 Å². The van der Waals surface area contributed by atoms with E-state index in [1.165, 1.54) is 48.2 Å². The van der Waals surface area contributed by atoms with Crippen LogP contribution in [0.1, 0.15) is 54.9 Å². The quantitative estimate of drug-likeness (QED) is 0.682. The number of likely N-dealkylation sites (tertiary alicyclic amines) is 1. The van der Waals surface area contributed by atoms with Gasteiger partial charge in [-0.05, 0) is 100 Å². The lowest BCUT2D eigenvalue weighted by molar-refractivity contribution is 0.119. The molecule has 2 aromatic rings. The van der Waals surface area contributed by atoms with Gasteiger partial charge in [-0.15, -0.1) is 0 Å². The van der Waals surface area contributed by atoms with Crippen LogP contribution in [0.2, 0.25) is 0 Å². The molecule has 4 rings (SSSR count). The van der Waals surface area contributed by atoms with Crippen LogP contribution in [0.25, 0.3) is 0 Å². The summed E-state index contributed by atoms with van der Waals surface area (Å²) in [6, 6.07) is 13.4. The molecule has 4 nitrogen and oxygen atoms in total. The predicted octanol–water partition coefficient (Wildman–Crippen LogP) is 4.51. The highest BCUT2D eigenvalue weighted by molar-refractivity contribution is 5.47. The molecule has 1 saturated heterocycles. The van der Waals surface area contributed by atoms with Gasteiger partial charge in [-0.3, -0.25) is 0 Å². The van der Waals surface area contributed by atoms with Gasteiger partial charge in [0.05, 0.1) is 6.61 Å². The van der Waals surface area contributed by atoms with E-state index in [1.54, 1.807) is 0 Å². The van der Waals surface area contributed by atoms with Crippen molar-refractivity contribution in [3.63, 3.8) is 0 Å². The fourth-order valence-corrected chi connectivity index (χ4v) is 5.10. The average Bonchev–Trinajstić information content (AvgIpc) is 2.72. The van der Waals surface area contributed by atoms with E-state index in [-0.39, 0.29) is 0 Å². The molecule has 2 aromatic carbocycles. The Bertz CT molecular complexity index is 871. The van der Waals surface area contributed by atoms with Gasteiger partial charge < -0.3 is 19.6 Å². The molecule has 0 aliphatic carbocycles. The normalized spacial score (nSPS) is 21.0. The largest absolute Gasteiger partial charge is 0.593 e. The van der Waals surface area contributed by atoms with Gasteiger partial charge in [-0.25, -0.2) is 0 Å². The van der Waals surface area contributed by atoms with Crippen molar-refractivity contribution in [1.29, 1.82) is 0 Å². The number of rotatable bonds is 5. The van der Waals surface area contributed by atoms with E-state index in [0.29, 0.717) is 23.6 Å². The van der Waals surface area contributed by atoms with Crippen molar-refractivity contribution in [3.05, 3.63) is 58.7 Å². The van der Waals surface area contributed by atoms with Crippen LogP contribution < -0.4 is 4.74 Å². The van der Waals surface area contributed by atoms with Crippen LogP contribution in [0.4, 0.5) is 0 Å².